The topological polar surface area (TPSA) is 43.1 Å². The third-order valence-electron chi connectivity index (χ3n) is 3.03. The van der Waals surface area contributed by atoms with Crippen LogP contribution in [0.2, 0.25) is 0 Å². The lowest BCUT2D eigenvalue weighted by atomic mass is 9.98. The van der Waals surface area contributed by atoms with E-state index in [1.54, 1.807) is 0 Å². The summed E-state index contributed by atoms with van der Waals surface area (Å²) >= 11 is 0. The Balaban J connectivity index is 2.55. The molecule has 0 aliphatic heterocycles. The van der Waals surface area contributed by atoms with Crippen LogP contribution >= 0.6 is 0 Å². The van der Waals surface area contributed by atoms with Gasteiger partial charge < -0.3 is 0 Å². The van der Waals surface area contributed by atoms with Crippen molar-refractivity contribution in [3.8, 4) is 0 Å². The molecule has 7 heteroatoms. The van der Waals surface area contributed by atoms with Crippen LogP contribution in [0.1, 0.15) is 16.7 Å². The van der Waals surface area contributed by atoms with Crippen molar-refractivity contribution in [3.63, 3.8) is 0 Å². The van der Waals surface area contributed by atoms with Crippen LogP contribution in [0.4, 0.5) is 23.2 Å². The Morgan fingerprint density at radius 1 is 1.00 bits per heavy atom. The minimum Gasteiger partial charge on any atom is -0.258 e. The second-order valence-corrected chi connectivity index (χ2v) is 4.46. The molecule has 0 N–H and O–H groups in total. The molecule has 21 heavy (non-hydrogen) atoms. The summed E-state index contributed by atoms with van der Waals surface area (Å²) in [6.07, 6.45) is 0. The number of rotatable bonds is 3. The van der Waals surface area contributed by atoms with E-state index in [2.05, 4.69) is 0 Å². The van der Waals surface area contributed by atoms with Crippen LogP contribution < -0.4 is 0 Å². The third-order valence-corrected chi connectivity index (χ3v) is 3.03. The van der Waals surface area contributed by atoms with Crippen LogP contribution in [0.15, 0.2) is 36.4 Å². The first-order valence-corrected chi connectivity index (χ1v) is 5.82. The van der Waals surface area contributed by atoms with Crippen LogP contribution in [-0.4, -0.2) is 4.92 Å². The van der Waals surface area contributed by atoms with E-state index < -0.39 is 39.3 Å². The molecule has 0 atom stereocenters. The van der Waals surface area contributed by atoms with E-state index in [0.29, 0.717) is 12.1 Å². The molecule has 0 spiro atoms. The number of hydrogen-bond acceptors (Lipinski definition) is 2. The molecule has 3 nitrogen and oxygen atoms in total. The van der Waals surface area contributed by atoms with Gasteiger partial charge in [0.25, 0.3) is 5.92 Å². The molecule has 110 valence electrons. The van der Waals surface area contributed by atoms with E-state index in [1.807, 2.05) is 0 Å². The fourth-order valence-electron chi connectivity index (χ4n) is 1.85. The monoisotopic (exact) mass is 299 g/mol. The van der Waals surface area contributed by atoms with E-state index >= 15 is 0 Å². The molecule has 0 fully saturated rings. The van der Waals surface area contributed by atoms with Crippen molar-refractivity contribution in [2.45, 2.75) is 12.8 Å². The molecule has 0 unspecified atom stereocenters. The second-order valence-electron chi connectivity index (χ2n) is 4.46. The van der Waals surface area contributed by atoms with Gasteiger partial charge in [0.2, 0.25) is 5.82 Å². The van der Waals surface area contributed by atoms with E-state index in [0.717, 1.165) is 24.3 Å². The lowest BCUT2D eigenvalue weighted by molar-refractivity contribution is -0.387. The highest BCUT2D eigenvalue weighted by atomic mass is 19.3. The van der Waals surface area contributed by atoms with Gasteiger partial charge in [-0.3, -0.25) is 10.1 Å². The molecule has 2 aromatic carbocycles. The van der Waals surface area contributed by atoms with Crippen molar-refractivity contribution < 1.29 is 22.5 Å². The van der Waals surface area contributed by atoms with E-state index in [1.165, 1.54) is 6.92 Å². The number of nitro groups is 1. The number of aryl methyl sites for hydroxylation is 1. The Labute approximate surface area is 117 Å². The summed E-state index contributed by atoms with van der Waals surface area (Å²) in [7, 11) is 0. The standard InChI is InChI=1S/C14H9F4NO2/c1-8-6-9(2-4-11(8)15)14(17,18)10-3-5-12(16)13(7-10)19(20)21/h2-7H,1H3. The van der Waals surface area contributed by atoms with Gasteiger partial charge >= 0.3 is 5.69 Å². The molecule has 0 saturated heterocycles. The minimum atomic E-state index is -3.60. The maximum Gasteiger partial charge on any atom is 0.305 e. The summed E-state index contributed by atoms with van der Waals surface area (Å²) in [5, 5.41) is 10.6. The minimum absolute atomic E-state index is 0.0174. The summed E-state index contributed by atoms with van der Waals surface area (Å²) in [5.74, 6) is -5.44. The zero-order valence-electron chi connectivity index (χ0n) is 10.7. The Bertz CT molecular complexity index is 716. The fourth-order valence-corrected chi connectivity index (χ4v) is 1.85. The Kier molecular flexibility index (Phi) is 3.67. The largest absolute Gasteiger partial charge is 0.305 e. The molecule has 0 amide bonds. The summed E-state index contributed by atoms with van der Waals surface area (Å²) in [4.78, 5) is 9.53. The van der Waals surface area contributed by atoms with Gasteiger partial charge in [0.05, 0.1) is 4.92 Å². The number of halogens is 4. The van der Waals surface area contributed by atoms with Gasteiger partial charge in [-0.2, -0.15) is 13.2 Å². The fraction of sp³-hybridized carbons (Fsp3) is 0.143. The lowest BCUT2D eigenvalue weighted by Crippen LogP contribution is -2.16. The SMILES string of the molecule is Cc1cc(C(F)(F)c2ccc(F)c([N+](=O)[O-])c2)ccc1F. The first-order chi connectivity index (χ1) is 9.73. The van der Waals surface area contributed by atoms with Crippen LogP contribution in [0, 0.1) is 28.7 Å². The van der Waals surface area contributed by atoms with Crippen molar-refractivity contribution in [1.82, 2.24) is 0 Å². The number of benzene rings is 2. The number of nitro benzene ring substituents is 1. The predicted molar refractivity (Wildman–Crippen MR) is 67.2 cm³/mol. The van der Waals surface area contributed by atoms with Crippen molar-refractivity contribution >= 4 is 5.69 Å². The van der Waals surface area contributed by atoms with Crippen LogP contribution in [-0.2, 0) is 5.92 Å². The van der Waals surface area contributed by atoms with Crippen molar-refractivity contribution in [2.75, 3.05) is 0 Å². The average Bonchev–Trinajstić information content (AvgIpc) is 2.41. The summed E-state index contributed by atoms with van der Waals surface area (Å²) in [6.45, 7) is 1.32. The third kappa shape index (κ3) is 2.72. The Hall–Kier alpha value is -2.44. The zero-order chi connectivity index (χ0) is 15.8. The van der Waals surface area contributed by atoms with Crippen molar-refractivity contribution in [1.29, 1.82) is 0 Å². The first-order valence-electron chi connectivity index (χ1n) is 5.82. The van der Waals surface area contributed by atoms with Crippen LogP contribution in [0.25, 0.3) is 0 Å². The highest BCUT2D eigenvalue weighted by Gasteiger charge is 2.36. The van der Waals surface area contributed by atoms with Gasteiger partial charge in [0.15, 0.2) is 0 Å². The Morgan fingerprint density at radius 2 is 1.52 bits per heavy atom. The smallest absolute Gasteiger partial charge is 0.258 e. The van der Waals surface area contributed by atoms with Crippen molar-refractivity contribution in [2.24, 2.45) is 0 Å². The average molecular weight is 299 g/mol. The van der Waals surface area contributed by atoms with Crippen molar-refractivity contribution in [3.05, 3.63) is 74.8 Å². The molecule has 0 aliphatic rings. The summed E-state index contributed by atoms with van der Waals surface area (Å²) in [6, 6.07) is 4.57. The molecule has 0 saturated carbocycles. The molecule has 0 bridgehead atoms. The molecule has 0 radical (unpaired) electrons. The maximum absolute atomic E-state index is 14.3. The van der Waals surface area contributed by atoms with Gasteiger partial charge in [-0.1, -0.05) is 0 Å². The van der Waals surface area contributed by atoms with Gasteiger partial charge in [0.1, 0.15) is 5.82 Å². The zero-order valence-corrected chi connectivity index (χ0v) is 10.7. The van der Waals surface area contributed by atoms with Gasteiger partial charge in [0, 0.05) is 17.2 Å². The second kappa shape index (κ2) is 5.16. The molecular weight excluding hydrogens is 290 g/mol. The Morgan fingerprint density at radius 3 is 2.05 bits per heavy atom. The normalized spacial score (nSPS) is 11.5. The molecule has 0 aliphatic carbocycles. The first kappa shape index (κ1) is 15.0. The van der Waals surface area contributed by atoms with Gasteiger partial charge in [-0.25, -0.2) is 4.39 Å². The van der Waals surface area contributed by atoms with Gasteiger partial charge in [-0.15, -0.1) is 0 Å². The summed E-state index contributed by atoms with van der Waals surface area (Å²) < 4.78 is 54.9. The maximum atomic E-state index is 14.3. The number of nitrogens with zero attached hydrogens (tertiary/aromatic N) is 1. The van der Waals surface area contributed by atoms with E-state index in [-0.39, 0.29) is 5.56 Å². The summed E-state index contributed by atoms with van der Waals surface area (Å²) in [5.41, 5.74) is -2.28. The highest BCUT2D eigenvalue weighted by molar-refractivity contribution is 5.42. The highest BCUT2D eigenvalue weighted by Crippen LogP contribution is 2.38. The molecule has 2 rings (SSSR count). The van der Waals surface area contributed by atoms with E-state index in [4.69, 9.17) is 0 Å². The number of hydrogen-bond donors (Lipinski definition) is 0. The quantitative estimate of drug-likeness (QED) is 0.481. The van der Waals surface area contributed by atoms with Crippen LogP contribution in [0.3, 0.4) is 0 Å². The molecule has 0 heterocycles. The molecular formula is C14H9F4NO2. The molecule has 0 aromatic heterocycles. The van der Waals surface area contributed by atoms with E-state index in [9.17, 15) is 27.7 Å². The molecule has 2 aromatic rings. The predicted octanol–water partition coefficient (Wildman–Crippen LogP) is 4.32. The number of alkyl halides is 2. The lowest BCUT2D eigenvalue weighted by Gasteiger charge is -2.17. The van der Waals surface area contributed by atoms with Crippen LogP contribution in [0.5, 0.6) is 0 Å². The van der Waals surface area contributed by atoms with Gasteiger partial charge in [-0.05, 0) is 42.8 Å².